The molecule has 1 aromatic carbocycles. The average molecular weight is 521 g/mol. The number of carbonyl (C=O) groups is 1. The van der Waals surface area contributed by atoms with Crippen molar-refractivity contribution in [1.82, 2.24) is 9.97 Å². The summed E-state index contributed by atoms with van der Waals surface area (Å²) < 4.78 is 5.23. The SMILES string of the molecule is CCC(C)(C)[C@@H]1CCc2c(sc(NC(=O)CSc3nc(C)cc(-c4ccc(OC)cc4)n3)c2C#N)C1. The average Bonchev–Trinajstić information content (AvgIpc) is 3.23. The van der Waals surface area contributed by atoms with E-state index in [1.807, 2.05) is 37.3 Å². The van der Waals surface area contributed by atoms with Crippen LogP contribution in [0.15, 0.2) is 35.5 Å². The smallest absolute Gasteiger partial charge is 0.235 e. The molecule has 1 atom stereocenters. The van der Waals surface area contributed by atoms with Crippen LogP contribution in [0.5, 0.6) is 5.75 Å². The minimum absolute atomic E-state index is 0.156. The van der Waals surface area contributed by atoms with Crippen LogP contribution in [0.4, 0.5) is 5.00 Å². The molecule has 1 aliphatic carbocycles. The van der Waals surface area contributed by atoms with Gasteiger partial charge in [0.25, 0.3) is 0 Å². The molecule has 0 radical (unpaired) electrons. The number of carbonyl (C=O) groups excluding carboxylic acids is 1. The van der Waals surface area contributed by atoms with Gasteiger partial charge in [-0.25, -0.2) is 9.97 Å². The molecule has 188 valence electrons. The molecule has 0 fully saturated rings. The minimum Gasteiger partial charge on any atom is -0.497 e. The molecule has 0 spiro atoms. The van der Waals surface area contributed by atoms with Crippen LogP contribution in [0, 0.1) is 29.6 Å². The molecule has 2 aromatic heterocycles. The lowest BCUT2D eigenvalue weighted by molar-refractivity contribution is -0.113. The summed E-state index contributed by atoms with van der Waals surface area (Å²) in [6, 6.07) is 12.0. The van der Waals surface area contributed by atoms with E-state index in [1.165, 1.54) is 16.6 Å². The number of nitrogens with zero attached hydrogens (tertiary/aromatic N) is 3. The van der Waals surface area contributed by atoms with Crippen molar-refractivity contribution in [2.45, 2.75) is 58.5 Å². The van der Waals surface area contributed by atoms with Crippen LogP contribution in [0.3, 0.4) is 0 Å². The number of hydrogen-bond acceptors (Lipinski definition) is 7. The van der Waals surface area contributed by atoms with Gasteiger partial charge in [0, 0.05) is 16.1 Å². The molecule has 8 heteroatoms. The van der Waals surface area contributed by atoms with Gasteiger partial charge in [0.05, 0.1) is 24.1 Å². The summed E-state index contributed by atoms with van der Waals surface area (Å²) in [7, 11) is 1.64. The van der Waals surface area contributed by atoms with Gasteiger partial charge in [-0.3, -0.25) is 4.79 Å². The van der Waals surface area contributed by atoms with Crippen LogP contribution in [0.2, 0.25) is 0 Å². The Hall–Kier alpha value is -2.89. The summed E-state index contributed by atoms with van der Waals surface area (Å²) in [5.74, 6) is 1.39. The number of aromatic nitrogens is 2. The van der Waals surface area contributed by atoms with Crippen LogP contribution in [0.1, 0.15) is 55.3 Å². The van der Waals surface area contributed by atoms with Gasteiger partial charge in [0.2, 0.25) is 5.91 Å². The first-order valence-electron chi connectivity index (χ1n) is 12.2. The van der Waals surface area contributed by atoms with Crippen LogP contribution >= 0.6 is 23.1 Å². The monoisotopic (exact) mass is 520 g/mol. The maximum absolute atomic E-state index is 12.8. The Balaban J connectivity index is 1.44. The molecule has 0 saturated heterocycles. The number of ether oxygens (including phenoxy) is 1. The van der Waals surface area contributed by atoms with Crippen molar-refractivity contribution in [2.24, 2.45) is 11.3 Å². The van der Waals surface area contributed by atoms with E-state index in [0.717, 1.165) is 53.9 Å². The van der Waals surface area contributed by atoms with Gasteiger partial charge in [0.1, 0.15) is 16.8 Å². The number of nitriles is 1. The largest absolute Gasteiger partial charge is 0.497 e. The molecule has 6 nitrogen and oxygen atoms in total. The van der Waals surface area contributed by atoms with Crippen LogP contribution in [-0.2, 0) is 17.6 Å². The van der Waals surface area contributed by atoms with Crippen LogP contribution < -0.4 is 10.1 Å². The normalized spacial score (nSPS) is 15.2. The number of thioether (sulfide) groups is 1. The molecule has 0 unspecified atom stereocenters. The maximum atomic E-state index is 12.8. The van der Waals surface area contributed by atoms with Crippen molar-refractivity contribution in [2.75, 3.05) is 18.2 Å². The predicted octanol–water partition coefficient (Wildman–Crippen LogP) is 6.67. The highest BCUT2D eigenvalue weighted by Crippen LogP contribution is 2.45. The molecule has 0 saturated carbocycles. The maximum Gasteiger partial charge on any atom is 0.235 e. The van der Waals surface area contributed by atoms with Gasteiger partial charge in [-0.2, -0.15) is 5.26 Å². The third kappa shape index (κ3) is 5.74. The standard InChI is InChI=1S/C28H32N4O2S2/c1-6-28(3,4)19-9-12-21-22(15-29)26(36-24(21)14-19)32-25(33)16-35-27-30-17(2)13-23(31-27)18-7-10-20(34-5)11-8-18/h7-8,10-11,13,19H,6,9,12,14,16H2,1-5H3,(H,32,33)/t19-/m1/s1. The van der Waals surface area contributed by atoms with Gasteiger partial charge < -0.3 is 10.1 Å². The first-order valence-corrected chi connectivity index (χ1v) is 14.0. The van der Waals surface area contributed by atoms with Crippen molar-refractivity contribution in [3.8, 4) is 23.1 Å². The third-order valence-electron chi connectivity index (χ3n) is 7.20. The number of methoxy groups -OCH3 is 1. The number of hydrogen-bond donors (Lipinski definition) is 1. The topological polar surface area (TPSA) is 87.9 Å². The summed E-state index contributed by atoms with van der Waals surface area (Å²) in [5.41, 5.74) is 4.62. The molecule has 36 heavy (non-hydrogen) atoms. The van der Waals surface area contributed by atoms with Crippen LogP contribution in [0.25, 0.3) is 11.3 Å². The van der Waals surface area contributed by atoms with Gasteiger partial charge in [-0.05, 0) is 73.4 Å². The number of amides is 1. The van der Waals surface area contributed by atoms with Gasteiger partial charge in [0.15, 0.2) is 5.16 Å². The fourth-order valence-corrected chi connectivity index (χ4v) is 6.55. The fourth-order valence-electron chi connectivity index (χ4n) is 4.56. The fraction of sp³-hybridized carbons (Fsp3) is 0.429. The molecule has 1 amide bonds. The first kappa shape index (κ1) is 26.2. The van der Waals surface area contributed by atoms with E-state index in [9.17, 15) is 10.1 Å². The highest BCUT2D eigenvalue weighted by molar-refractivity contribution is 7.99. The zero-order valence-electron chi connectivity index (χ0n) is 21.5. The highest BCUT2D eigenvalue weighted by Gasteiger charge is 2.34. The molecule has 3 aromatic rings. The molecule has 0 bridgehead atoms. The van der Waals surface area contributed by atoms with E-state index in [2.05, 4.69) is 42.1 Å². The van der Waals surface area contributed by atoms with E-state index < -0.39 is 0 Å². The molecule has 2 heterocycles. The second kappa shape index (κ2) is 11.0. The Morgan fingerprint density at radius 1 is 1.31 bits per heavy atom. The second-order valence-corrected chi connectivity index (χ2v) is 11.9. The minimum atomic E-state index is -0.156. The summed E-state index contributed by atoms with van der Waals surface area (Å²) >= 11 is 2.86. The van der Waals surface area contributed by atoms with E-state index in [4.69, 9.17) is 4.74 Å². The number of thiophene rings is 1. The molecule has 0 aliphatic heterocycles. The van der Waals surface area contributed by atoms with Gasteiger partial charge >= 0.3 is 0 Å². The lowest BCUT2D eigenvalue weighted by Gasteiger charge is -2.36. The highest BCUT2D eigenvalue weighted by atomic mass is 32.2. The first-order chi connectivity index (χ1) is 17.2. The predicted molar refractivity (Wildman–Crippen MR) is 147 cm³/mol. The lowest BCUT2D eigenvalue weighted by atomic mass is 9.69. The van der Waals surface area contributed by atoms with E-state index >= 15 is 0 Å². The Labute approximate surface area is 221 Å². The quantitative estimate of drug-likeness (QED) is 0.264. The number of fused-ring (bicyclic) bond motifs is 1. The summed E-state index contributed by atoms with van der Waals surface area (Å²) in [6.45, 7) is 8.82. The summed E-state index contributed by atoms with van der Waals surface area (Å²) in [5, 5.41) is 14.0. The number of rotatable bonds is 8. The zero-order chi connectivity index (χ0) is 25.9. The molecule has 1 aliphatic rings. The number of aryl methyl sites for hydroxylation is 1. The molecular weight excluding hydrogens is 488 g/mol. The van der Waals surface area contributed by atoms with Crippen molar-refractivity contribution in [3.05, 3.63) is 52.0 Å². The Morgan fingerprint density at radius 2 is 2.06 bits per heavy atom. The molecule has 1 N–H and O–H groups in total. The molecular formula is C28H32N4O2S2. The van der Waals surface area contributed by atoms with Crippen molar-refractivity contribution < 1.29 is 9.53 Å². The van der Waals surface area contributed by atoms with E-state index in [0.29, 0.717) is 21.6 Å². The Kier molecular flexibility index (Phi) is 8.01. The van der Waals surface area contributed by atoms with Gasteiger partial charge in [-0.1, -0.05) is 39.0 Å². The number of nitrogens with one attached hydrogen (secondary N) is 1. The number of anilines is 1. The van der Waals surface area contributed by atoms with Crippen molar-refractivity contribution in [3.63, 3.8) is 0 Å². The van der Waals surface area contributed by atoms with E-state index in [1.54, 1.807) is 18.4 Å². The second-order valence-electron chi connectivity index (χ2n) is 9.84. The van der Waals surface area contributed by atoms with Crippen LogP contribution in [-0.4, -0.2) is 28.7 Å². The summed E-state index contributed by atoms with van der Waals surface area (Å²) in [4.78, 5) is 23.2. The number of benzene rings is 1. The van der Waals surface area contributed by atoms with Crippen molar-refractivity contribution >= 4 is 34.0 Å². The van der Waals surface area contributed by atoms with Gasteiger partial charge in [-0.15, -0.1) is 11.3 Å². The zero-order valence-corrected chi connectivity index (χ0v) is 23.1. The Morgan fingerprint density at radius 3 is 2.72 bits per heavy atom. The van der Waals surface area contributed by atoms with E-state index in [-0.39, 0.29) is 17.1 Å². The lowest BCUT2D eigenvalue weighted by Crippen LogP contribution is -2.28. The molecule has 4 rings (SSSR count). The Bertz CT molecular complexity index is 1290. The van der Waals surface area contributed by atoms with Crippen molar-refractivity contribution in [1.29, 1.82) is 5.26 Å². The summed E-state index contributed by atoms with van der Waals surface area (Å²) in [6.07, 6.45) is 4.10. The third-order valence-corrected chi connectivity index (χ3v) is 9.22.